The standard InChI is InChI=1S/C23H21N5O3S/c1-15(32-23-27-26-20-9-5-6-14-28(20)23)21(29)24-17-12-10-16(11-13-17)22(30)25-18-7-3-4-8-19(18)31-2/h3-15H,1-2H3,(H,24,29)(H,25,30). The highest BCUT2D eigenvalue weighted by molar-refractivity contribution is 8.00. The van der Waals surface area contributed by atoms with Crippen molar-refractivity contribution in [1.29, 1.82) is 0 Å². The van der Waals surface area contributed by atoms with E-state index < -0.39 is 5.25 Å². The van der Waals surface area contributed by atoms with Crippen LogP contribution in [0.3, 0.4) is 0 Å². The van der Waals surface area contributed by atoms with Crippen molar-refractivity contribution in [1.82, 2.24) is 14.6 Å². The van der Waals surface area contributed by atoms with Crippen molar-refractivity contribution in [2.24, 2.45) is 0 Å². The van der Waals surface area contributed by atoms with Gasteiger partial charge in [-0.1, -0.05) is 30.0 Å². The van der Waals surface area contributed by atoms with Crippen LogP contribution in [0.25, 0.3) is 5.65 Å². The molecule has 2 N–H and O–H groups in total. The van der Waals surface area contributed by atoms with Gasteiger partial charge < -0.3 is 15.4 Å². The normalized spacial score (nSPS) is 11.7. The zero-order valence-corrected chi connectivity index (χ0v) is 18.3. The van der Waals surface area contributed by atoms with Gasteiger partial charge in [0.1, 0.15) is 5.75 Å². The van der Waals surface area contributed by atoms with Gasteiger partial charge in [0, 0.05) is 17.4 Å². The van der Waals surface area contributed by atoms with Gasteiger partial charge in [0.05, 0.1) is 18.0 Å². The molecule has 0 aliphatic carbocycles. The number of rotatable bonds is 7. The van der Waals surface area contributed by atoms with Crippen LogP contribution in [0.4, 0.5) is 11.4 Å². The number of pyridine rings is 1. The van der Waals surface area contributed by atoms with Gasteiger partial charge in [-0.3, -0.25) is 14.0 Å². The van der Waals surface area contributed by atoms with Gasteiger partial charge in [-0.2, -0.15) is 0 Å². The number of nitrogens with zero attached hydrogens (tertiary/aromatic N) is 3. The minimum Gasteiger partial charge on any atom is -0.495 e. The highest BCUT2D eigenvalue weighted by atomic mass is 32.2. The molecule has 1 unspecified atom stereocenters. The number of para-hydroxylation sites is 2. The first-order chi connectivity index (χ1) is 15.5. The lowest BCUT2D eigenvalue weighted by Gasteiger charge is -2.12. The van der Waals surface area contributed by atoms with Crippen LogP contribution in [0, 0.1) is 0 Å². The van der Waals surface area contributed by atoms with E-state index in [2.05, 4.69) is 20.8 Å². The van der Waals surface area contributed by atoms with Crippen molar-refractivity contribution in [3.8, 4) is 5.75 Å². The summed E-state index contributed by atoms with van der Waals surface area (Å²) in [5, 5.41) is 14.2. The quantitative estimate of drug-likeness (QED) is 0.414. The zero-order valence-electron chi connectivity index (χ0n) is 17.5. The molecule has 2 aromatic carbocycles. The SMILES string of the molecule is COc1ccccc1NC(=O)c1ccc(NC(=O)C(C)Sc2nnc3ccccn23)cc1. The number of hydrogen-bond acceptors (Lipinski definition) is 6. The fourth-order valence-corrected chi connectivity index (χ4v) is 3.84. The number of nitrogens with one attached hydrogen (secondary N) is 2. The monoisotopic (exact) mass is 447 g/mol. The van der Waals surface area contributed by atoms with E-state index in [0.29, 0.717) is 27.8 Å². The number of aromatic nitrogens is 3. The van der Waals surface area contributed by atoms with E-state index in [0.717, 1.165) is 5.65 Å². The zero-order chi connectivity index (χ0) is 22.5. The largest absolute Gasteiger partial charge is 0.495 e. The Hall–Kier alpha value is -3.85. The Kier molecular flexibility index (Phi) is 6.37. The minimum atomic E-state index is -0.392. The van der Waals surface area contributed by atoms with E-state index in [4.69, 9.17) is 4.74 Å². The topological polar surface area (TPSA) is 97.6 Å². The molecule has 0 saturated heterocycles. The van der Waals surface area contributed by atoms with E-state index in [1.807, 2.05) is 40.9 Å². The van der Waals surface area contributed by atoms with Crippen LogP contribution in [0.1, 0.15) is 17.3 Å². The minimum absolute atomic E-state index is 0.172. The summed E-state index contributed by atoms with van der Waals surface area (Å²) in [6, 6.07) is 19.5. The second-order valence-corrected chi connectivity index (χ2v) is 8.20. The molecule has 4 aromatic rings. The highest BCUT2D eigenvalue weighted by Gasteiger charge is 2.18. The molecule has 32 heavy (non-hydrogen) atoms. The summed E-state index contributed by atoms with van der Waals surface area (Å²) >= 11 is 1.32. The summed E-state index contributed by atoms with van der Waals surface area (Å²) in [5.74, 6) is 0.139. The predicted octanol–water partition coefficient (Wildman–Crippen LogP) is 4.11. The van der Waals surface area contributed by atoms with Crippen LogP contribution in [0.5, 0.6) is 5.75 Å². The van der Waals surface area contributed by atoms with E-state index in [1.165, 1.54) is 11.8 Å². The summed E-state index contributed by atoms with van der Waals surface area (Å²) in [6.45, 7) is 1.80. The van der Waals surface area contributed by atoms with E-state index in [9.17, 15) is 9.59 Å². The molecule has 2 aromatic heterocycles. The smallest absolute Gasteiger partial charge is 0.255 e. The lowest BCUT2D eigenvalue weighted by atomic mass is 10.2. The molecule has 2 heterocycles. The number of ether oxygens (including phenoxy) is 1. The maximum atomic E-state index is 12.6. The van der Waals surface area contributed by atoms with E-state index in [1.54, 1.807) is 50.4 Å². The number of methoxy groups -OCH3 is 1. The van der Waals surface area contributed by atoms with Gasteiger partial charge in [-0.15, -0.1) is 10.2 Å². The summed E-state index contributed by atoms with van der Waals surface area (Å²) < 4.78 is 7.09. The van der Waals surface area contributed by atoms with Crippen LogP contribution in [0.15, 0.2) is 78.1 Å². The lowest BCUT2D eigenvalue weighted by molar-refractivity contribution is -0.115. The number of thioether (sulfide) groups is 1. The van der Waals surface area contributed by atoms with Crippen LogP contribution in [-0.2, 0) is 4.79 Å². The van der Waals surface area contributed by atoms with Crippen molar-refractivity contribution in [3.63, 3.8) is 0 Å². The molecule has 0 aliphatic rings. The highest BCUT2D eigenvalue weighted by Crippen LogP contribution is 2.25. The van der Waals surface area contributed by atoms with Gasteiger partial charge in [0.15, 0.2) is 10.8 Å². The fourth-order valence-electron chi connectivity index (χ4n) is 3.00. The number of fused-ring (bicyclic) bond motifs is 1. The van der Waals surface area contributed by atoms with Gasteiger partial charge >= 0.3 is 0 Å². The predicted molar refractivity (Wildman–Crippen MR) is 124 cm³/mol. The molecule has 9 heteroatoms. The summed E-state index contributed by atoms with van der Waals surface area (Å²) in [4.78, 5) is 25.2. The Morgan fingerprint density at radius 1 is 0.969 bits per heavy atom. The van der Waals surface area contributed by atoms with Crippen LogP contribution >= 0.6 is 11.8 Å². The third kappa shape index (κ3) is 4.73. The first kappa shape index (κ1) is 21.4. The molecule has 2 amide bonds. The number of carbonyl (C=O) groups is 2. The molecule has 0 fully saturated rings. The molecule has 4 rings (SSSR count). The van der Waals surface area contributed by atoms with Gasteiger partial charge in [0.25, 0.3) is 5.91 Å². The van der Waals surface area contributed by atoms with Crippen molar-refractivity contribution in [3.05, 3.63) is 78.5 Å². The molecular formula is C23H21N5O3S. The fraction of sp³-hybridized carbons (Fsp3) is 0.130. The van der Waals surface area contributed by atoms with Crippen molar-refractivity contribution in [2.45, 2.75) is 17.3 Å². The maximum absolute atomic E-state index is 12.6. The molecule has 8 nitrogen and oxygen atoms in total. The Balaban J connectivity index is 1.37. The molecule has 0 radical (unpaired) electrons. The first-order valence-electron chi connectivity index (χ1n) is 9.87. The molecule has 0 saturated carbocycles. The number of amides is 2. The van der Waals surface area contributed by atoms with Crippen molar-refractivity contribution < 1.29 is 14.3 Å². The second kappa shape index (κ2) is 9.52. The number of benzene rings is 2. The van der Waals surface area contributed by atoms with Crippen molar-refractivity contribution >= 4 is 40.6 Å². The molecule has 162 valence electrons. The molecule has 0 bridgehead atoms. The first-order valence-corrected chi connectivity index (χ1v) is 10.7. The van der Waals surface area contributed by atoms with E-state index >= 15 is 0 Å². The lowest BCUT2D eigenvalue weighted by Crippen LogP contribution is -2.22. The third-order valence-electron chi connectivity index (χ3n) is 4.70. The van der Waals surface area contributed by atoms with Gasteiger partial charge in [-0.05, 0) is 55.5 Å². The molecule has 1 atom stereocenters. The average Bonchev–Trinajstić information content (AvgIpc) is 3.22. The molecule has 0 spiro atoms. The Morgan fingerprint density at radius 3 is 2.50 bits per heavy atom. The Morgan fingerprint density at radius 2 is 1.72 bits per heavy atom. The number of hydrogen-bond donors (Lipinski definition) is 2. The third-order valence-corrected chi connectivity index (χ3v) is 5.76. The number of anilines is 2. The summed E-state index contributed by atoms with van der Waals surface area (Å²) in [5.41, 5.74) is 2.38. The Bertz CT molecular complexity index is 1260. The molecular weight excluding hydrogens is 426 g/mol. The molecule has 0 aliphatic heterocycles. The van der Waals surface area contributed by atoms with Gasteiger partial charge in [-0.25, -0.2) is 0 Å². The average molecular weight is 448 g/mol. The maximum Gasteiger partial charge on any atom is 0.255 e. The summed E-state index contributed by atoms with van der Waals surface area (Å²) in [7, 11) is 1.55. The Labute approximate surface area is 189 Å². The van der Waals surface area contributed by atoms with Crippen LogP contribution in [-0.4, -0.2) is 38.8 Å². The van der Waals surface area contributed by atoms with Crippen molar-refractivity contribution in [2.75, 3.05) is 17.7 Å². The number of carbonyl (C=O) groups excluding carboxylic acids is 2. The van der Waals surface area contributed by atoms with Crippen LogP contribution < -0.4 is 15.4 Å². The van der Waals surface area contributed by atoms with Gasteiger partial charge in [0.2, 0.25) is 5.91 Å². The summed E-state index contributed by atoms with van der Waals surface area (Å²) in [6.07, 6.45) is 1.86. The van der Waals surface area contributed by atoms with E-state index in [-0.39, 0.29) is 11.8 Å². The second-order valence-electron chi connectivity index (χ2n) is 6.89. The van der Waals surface area contributed by atoms with Crippen LogP contribution in [0.2, 0.25) is 0 Å².